The molecule has 3 heterocycles. The molecule has 2 aliphatic carbocycles. The standard InChI is InChI=1S/C25H35N3O5/c1-16-4-3-9-24(2)14-20-21(22-25(16,24)33-22)19(23(29)32-20)15-26-10-12-27(13-11-26)17-5-7-18(8-6-17)28(30)31/h5-8,16,19-22,28,30H,3-4,9-15H2,1-2H3/t16-,19+,20-,21+,22+,24+,25-/m1/s1. The van der Waals surface area contributed by atoms with Gasteiger partial charge in [-0.1, -0.05) is 20.3 Å². The molecule has 5 aliphatic rings. The van der Waals surface area contributed by atoms with Crippen molar-refractivity contribution in [1.82, 2.24) is 4.90 Å². The first-order chi connectivity index (χ1) is 15.8. The average molecular weight is 458 g/mol. The summed E-state index contributed by atoms with van der Waals surface area (Å²) in [7, 11) is 0. The maximum absolute atomic E-state index is 13.0. The minimum absolute atomic E-state index is 0.00691. The molecule has 5 fully saturated rings. The molecule has 8 nitrogen and oxygen atoms in total. The van der Waals surface area contributed by atoms with Gasteiger partial charge < -0.3 is 19.6 Å². The number of piperazine rings is 1. The summed E-state index contributed by atoms with van der Waals surface area (Å²) in [4.78, 5) is 17.7. The van der Waals surface area contributed by atoms with Gasteiger partial charge in [-0.2, -0.15) is 5.23 Å². The Bertz CT molecular complexity index is 917. The number of nitrogens with one attached hydrogen (secondary N) is 1. The fourth-order valence-corrected chi connectivity index (χ4v) is 7.72. The van der Waals surface area contributed by atoms with Gasteiger partial charge >= 0.3 is 5.97 Å². The number of anilines is 1. The number of carbonyl (C=O) groups excluding carboxylic acids is 1. The Balaban J connectivity index is 1.11. The molecular weight excluding hydrogens is 422 g/mol. The third-order valence-electron chi connectivity index (χ3n) is 9.50. The number of rotatable bonds is 4. The highest BCUT2D eigenvalue weighted by molar-refractivity contribution is 5.76. The van der Waals surface area contributed by atoms with Crippen LogP contribution in [0.15, 0.2) is 24.3 Å². The van der Waals surface area contributed by atoms with Gasteiger partial charge in [0, 0.05) is 61.9 Å². The Morgan fingerprint density at radius 2 is 1.94 bits per heavy atom. The number of nitrogens with zero attached hydrogens (tertiary/aromatic N) is 2. The van der Waals surface area contributed by atoms with Gasteiger partial charge in [-0.05, 0) is 37.3 Å². The number of fused-ring (bicyclic) bond motifs is 2. The van der Waals surface area contributed by atoms with Gasteiger partial charge in [-0.25, -0.2) is 5.21 Å². The van der Waals surface area contributed by atoms with Crippen molar-refractivity contribution in [3.63, 3.8) is 0 Å². The highest BCUT2D eigenvalue weighted by atomic mass is 16.8. The molecule has 0 radical (unpaired) electrons. The molecule has 33 heavy (non-hydrogen) atoms. The van der Waals surface area contributed by atoms with Gasteiger partial charge in [0.05, 0.1) is 12.0 Å². The SMILES string of the molecule is C[C@@H]1CCC[C@@]2(C)C[C@H]3OC(=O)[C@@H](CN4CCN(c5ccc([NH+]([O-])O)cc5)CC4)[C@@H]3[C@@H]3O[C@]132. The fourth-order valence-electron chi connectivity index (χ4n) is 7.72. The topological polar surface area (TPSA) is 93.0 Å². The predicted octanol–water partition coefficient (Wildman–Crippen LogP) is 1.74. The molecule has 6 rings (SSSR count). The molecule has 1 unspecified atom stereocenters. The molecule has 0 amide bonds. The van der Waals surface area contributed by atoms with E-state index in [9.17, 15) is 10.0 Å². The van der Waals surface area contributed by atoms with Crippen LogP contribution in [0, 0.1) is 28.4 Å². The highest BCUT2D eigenvalue weighted by Crippen LogP contribution is 2.70. The van der Waals surface area contributed by atoms with Gasteiger partial charge in [0.2, 0.25) is 0 Å². The van der Waals surface area contributed by atoms with Crippen LogP contribution >= 0.6 is 0 Å². The van der Waals surface area contributed by atoms with Crippen LogP contribution in [-0.2, 0) is 14.3 Å². The summed E-state index contributed by atoms with van der Waals surface area (Å²) in [5.41, 5.74) is 1.45. The van der Waals surface area contributed by atoms with Crippen molar-refractivity contribution in [2.24, 2.45) is 23.2 Å². The second-order valence-electron chi connectivity index (χ2n) is 11.2. The van der Waals surface area contributed by atoms with E-state index >= 15 is 0 Å². The average Bonchev–Trinajstić information content (AvgIpc) is 3.49. The van der Waals surface area contributed by atoms with E-state index in [1.54, 1.807) is 12.1 Å². The zero-order valence-electron chi connectivity index (χ0n) is 19.5. The minimum atomic E-state index is -0.903. The zero-order valence-corrected chi connectivity index (χ0v) is 19.5. The number of ether oxygens (including phenoxy) is 2. The van der Waals surface area contributed by atoms with Crippen LogP contribution in [0.5, 0.6) is 0 Å². The van der Waals surface area contributed by atoms with Crippen LogP contribution in [0.3, 0.4) is 0 Å². The smallest absolute Gasteiger partial charge is 0.311 e. The largest absolute Gasteiger partial charge is 0.595 e. The Labute approximate surface area is 195 Å². The van der Waals surface area contributed by atoms with E-state index in [-0.39, 0.29) is 41.0 Å². The summed E-state index contributed by atoms with van der Waals surface area (Å²) in [5, 5.41) is 19.3. The Kier molecular flexibility index (Phi) is 5.05. The van der Waals surface area contributed by atoms with E-state index in [1.165, 1.54) is 19.3 Å². The van der Waals surface area contributed by atoms with Crippen LogP contribution in [0.25, 0.3) is 0 Å². The Morgan fingerprint density at radius 3 is 2.64 bits per heavy atom. The summed E-state index contributed by atoms with van der Waals surface area (Å²) >= 11 is 0. The molecule has 1 aromatic carbocycles. The van der Waals surface area contributed by atoms with Gasteiger partial charge in [-0.3, -0.25) is 9.69 Å². The van der Waals surface area contributed by atoms with Crippen molar-refractivity contribution in [2.45, 2.75) is 57.3 Å². The van der Waals surface area contributed by atoms with Gasteiger partial charge in [0.25, 0.3) is 0 Å². The monoisotopic (exact) mass is 457 g/mol. The van der Waals surface area contributed by atoms with E-state index in [4.69, 9.17) is 14.7 Å². The van der Waals surface area contributed by atoms with E-state index in [1.807, 2.05) is 12.1 Å². The highest BCUT2D eigenvalue weighted by Gasteiger charge is 2.78. The van der Waals surface area contributed by atoms with E-state index in [2.05, 4.69) is 23.6 Å². The zero-order chi connectivity index (χ0) is 23.0. The van der Waals surface area contributed by atoms with Crippen molar-refractivity contribution >= 4 is 17.3 Å². The summed E-state index contributed by atoms with van der Waals surface area (Å²) in [5.74, 6) is 0.610. The molecule has 1 spiro atoms. The molecule has 8 atom stereocenters. The lowest BCUT2D eigenvalue weighted by atomic mass is 9.53. The number of esters is 1. The molecule has 2 saturated carbocycles. The number of hydrogen-bond acceptors (Lipinski definition) is 7. The third-order valence-corrected chi connectivity index (χ3v) is 9.50. The molecule has 0 aromatic heterocycles. The molecular formula is C25H35N3O5. The van der Waals surface area contributed by atoms with Crippen molar-refractivity contribution in [2.75, 3.05) is 37.6 Å². The first-order valence-corrected chi connectivity index (χ1v) is 12.5. The van der Waals surface area contributed by atoms with Gasteiger partial charge in [-0.15, -0.1) is 0 Å². The maximum atomic E-state index is 13.0. The van der Waals surface area contributed by atoms with Crippen LogP contribution in [0.1, 0.15) is 39.5 Å². The van der Waals surface area contributed by atoms with Crippen molar-refractivity contribution in [1.29, 1.82) is 0 Å². The minimum Gasteiger partial charge on any atom is -0.595 e. The predicted molar refractivity (Wildman–Crippen MR) is 121 cm³/mol. The van der Waals surface area contributed by atoms with Crippen molar-refractivity contribution < 1.29 is 24.7 Å². The lowest BCUT2D eigenvalue weighted by molar-refractivity contribution is -0.991. The summed E-state index contributed by atoms with van der Waals surface area (Å²) in [6.07, 6.45) is 4.76. The number of epoxide rings is 1. The summed E-state index contributed by atoms with van der Waals surface area (Å²) in [6, 6.07) is 7.08. The summed E-state index contributed by atoms with van der Waals surface area (Å²) < 4.78 is 12.5. The molecule has 3 saturated heterocycles. The van der Waals surface area contributed by atoms with Gasteiger partial charge in [0.1, 0.15) is 11.7 Å². The summed E-state index contributed by atoms with van der Waals surface area (Å²) in [6.45, 7) is 8.93. The van der Waals surface area contributed by atoms with Crippen LogP contribution in [0.4, 0.5) is 11.4 Å². The first-order valence-electron chi connectivity index (χ1n) is 12.5. The number of hydrogen-bond donors (Lipinski definition) is 2. The normalized spacial score (nSPS) is 43.3. The van der Waals surface area contributed by atoms with E-state index < -0.39 is 5.23 Å². The lowest BCUT2D eigenvalue weighted by Gasteiger charge is -2.49. The van der Waals surface area contributed by atoms with Crippen LogP contribution in [-0.4, -0.2) is 66.6 Å². The third kappa shape index (κ3) is 3.26. The lowest BCUT2D eigenvalue weighted by Crippen LogP contribution is -2.99. The van der Waals surface area contributed by atoms with Crippen molar-refractivity contribution in [3.8, 4) is 0 Å². The van der Waals surface area contributed by atoms with Gasteiger partial charge in [0.15, 0.2) is 5.69 Å². The first kappa shape index (κ1) is 21.8. The number of benzene rings is 1. The second-order valence-corrected chi connectivity index (χ2v) is 11.2. The molecule has 8 heteroatoms. The molecule has 1 aromatic rings. The molecule has 0 bridgehead atoms. The Hall–Kier alpha value is -1.71. The quantitative estimate of drug-likeness (QED) is 0.404. The maximum Gasteiger partial charge on any atom is 0.311 e. The van der Waals surface area contributed by atoms with E-state index in [0.29, 0.717) is 11.6 Å². The Morgan fingerprint density at radius 1 is 1.21 bits per heavy atom. The van der Waals surface area contributed by atoms with E-state index in [0.717, 1.165) is 44.8 Å². The van der Waals surface area contributed by atoms with Crippen molar-refractivity contribution in [3.05, 3.63) is 29.5 Å². The second kappa shape index (κ2) is 7.65. The molecule has 3 aliphatic heterocycles. The number of quaternary nitrogens is 1. The van der Waals surface area contributed by atoms with Crippen LogP contribution < -0.4 is 10.1 Å². The van der Waals surface area contributed by atoms with Crippen LogP contribution in [0.2, 0.25) is 0 Å². The molecule has 180 valence electrons. The fraction of sp³-hybridized carbons (Fsp3) is 0.720. The molecule has 2 N–H and O–H groups in total. The number of carbonyl (C=O) groups is 1.